The standard InChI is InChI=1S/C18H22N2O2.ClH/c1-14-6-5-9-16(12-14)22-11-10-18(21)20-13-17(19)15-7-3-2-4-8-15;/h2-9,12,17H,10-11,13,19H2,1H3,(H,20,21);1H. The first kappa shape index (κ1) is 19.0. The van der Waals surface area contributed by atoms with Crippen molar-refractivity contribution in [2.75, 3.05) is 13.2 Å². The van der Waals surface area contributed by atoms with E-state index < -0.39 is 0 Å². The molecule has 0 saturated heterocycles. The van der Waals surface area contributed by atoms with E-state index in [4.69, 9.17) is 10.5 Å². The number of hydrogen-bond donors (Lipinski definition) is 2. The number of carbonyl (C=O) groups is 1. The molecule has 4 nitrogen and oxygen atoms in total. The Morgan fingerprint density at radius 1 is 1.17 bits per heavy atom. The minimum atomic E-state index is -0.192. The number of nitrogens with two attached hydrogens (primary N) is 1. The molecule has 2 aromatic rings. The van der Waals surface area contributed by atoms with Gasteiger partial charge < -0.3 is 15.8 Å². The first-order valence-corrected chi connectivity index (χ1v) is 7.42. The molecule has 1 amide bonds. The molecule has 0 bridgehead atoms. The summed E-state index contributed by atoms with van der Waals surface area (Å²) in [6.07, 6.45) is 0.315. The van der Waals surface area contributed by atoms with Crippen molar-refractivity contribution < 1.29 is 9.53 Å². The SMILES string of the molecule is Cc1cccc(OCCC(=O)NCC(N)c2ccccc2)c1.Cl. The fraction of sp³-hybridized carbons (Fsp3) is 0.278. The average Bonchev–Trinajstić information content (AvgIpc) is 2.53. The fourth-order valence-corrected chi connectivity index (χ4v) is 2.10. The highest BCUT2D eigenvalue weighted by molar-refractivity contribution is 5.85. The Bertz CT molecular complexity index is 605. The van der Waals surface area contributed by atoms with Crippen molar-refractivity contribution in [2.45, 2.75) is 19.4 Å². The van der Waals surface area contributed by atoms with Gasteiger partial charge in [0, 0.05) is 12.6 Å². The second-order valence-corrected chi connectivity index (χ2v) is 5.24. The number of benzene rings is 2. The number of rotatable bonds is 7. The van der Waals surface area contributed by atoms with Gasteiger partial charge in [-0.1, -0.05) is 42.5 Å². The molecule has 0 spiro atoms. The largest absolute Gasteiger partial charge is 0.493 e. The Hall–Kier alpha value is -2.04. The molecule has 1 unspecified atom stereocenters. The Morgan fingerprint density at radius 3 is 2.61 bits per heavy atom. The molecule has 5 heteroatoms. The zero-order valence-corrected chi connectivity index (χ0v) is 14.0. The van der Waals surface area contributed by atoms with Crippen LogP contribution in [0.25, 0.3) is 0 Å². The van der Waals surface area contributed by atoms with Gasteiger partial charge in [-0.15, -0.1) is 12.4 Å². The number of ether oxygens (including phenoxy) is 1. The lowest BCUT2D eigenvalue weighted by molar-refractivity contribution is -0.121. The number of carbonyl (C=O) groups excluding carboxylic acids is 1. The molecule has 124 valence electrons. The van der Waals surface area contributed by atoms with Crippen LogP contribution >= 0.6 is 12.4 Å². The van der Waals surface area contributed by atoms with Crippen molar-refractivity contribution in [2.24, 2.45) is 5.73 Å². The molecule has 0 aliphatic heterocycles. The number of nitrogens with one attached hydrogen (secondary N) is 1. The van der Waals surface area contributed by atoms with Crippen LogP contribution < -0.4 is 15.8 Å². The number of aryl methyl sites for hydroxylation is 1. The van der Waals surface area contributed by atoms with Crippen LogP contribution in [0.3, 0.4) is 0 Å². The average molecular weight is 335 g/mol. The van der Waals surface area contributed by atoms with Crippen LogP contribution in [-0.4, -0.2) is 19.1 Å². The quantitative estimate of drug-likeness (QED) is 0.818. The fourth-order valence-electron chi connectivity index (χ4n) is 2.10. The molecular weight excluding hydrogens is 312 g/mol. The Balaban J connectivity index is 0.00000264. The maximum absolute atomic E-state index is 11.8. The van der Waals surface area contributed by atoms with Crippen molar-refractivity contribution in [3.63, 3.8) is 0 Å². The number of halogens is 1. The van der Waals surface area contributed by atoms with Crippen LogP contribution in [0, 0.1) is 6.92 Å². The molecule has 23 heavy (non-hydrogen) atoms. The minimum Gasteiger partial charge on any atom is -0.493 e. The van der Waals surface area contributed by atoms with Crippen LogP contribution in [0.2, 0.25) is 0 Å². The predicted molar refractivity (Wildman–Crippen MR) is 94.9 cm³/mol. The number of amides is 1. The Kier molecular flexibility index (Phi) is 8.16. The van der Waals surface area contributed by atoms with E-state index in [0.29, 0.717) is 19.6 Å². The van der Waals surface area contributed by atoms with E-state index in [-0.39, 0.29) is 24.4 Å². The van der Waals surface area contributed by atoms with E-state index in [1.807, 2.05) is 61.5 Å². The molecule has 1 atom stereocenters. The van der Waals surface area contributed by atoms with Gasteiger partial charge in [-0.2, -0.15) is 0 Å². The van der Waals surface area contributed by atoms with Gasteiger partial charge >= 0.3 is 0 Å². The first-order valence-electron chi connectivity index (χ1n) is 7.42. The van der Waals surface area contributed by atoms with Gasteiger partial charge in [0.1, 0.15) is 5.75 Å². The molecule has 2 aromatic carbocycles. The highest BCUT2D eigenvalue weighted by atomic mass is 35.5. The third-order valence-electron chi connectivity index (χ3n) is 3.33. The van der Waals surface area contributed by atoms with Gasteiger partial charge in [0.25, 0.3) is 0 Å². The van der Waals surface area contributed by atoms with Gasteiger partial charge in [0.05, 0.1) is 13.0 Å². The lowest BCUT2D eigenvalue weighted by Gasteiger charge is -2.13. The number of hydrogen-bond acceptors (Lipinski definition) is 3. The maximum atomic E-state index is 11.8. The predicted octanol–water partition coefficient (Wildman–Crippen LogP) is 3.00. The van der Waals surface area contributed by atoms with Crippen LogP contribution in [0.5, 0.6) is 5.75 Å². The molecule has 0 aromatic heterocycles. The van der Waals surface area contributed by atoms with Crippen molar-refractivity contribution in [1.82, 2.24) is 5.32 Å². The normalized spacial score (nSPS) is 11.2. The summed E-state index contributed by atoms with van der Waals surface area (Å²) in [5.41, 5.74) is 8.18. The minimum absolute atomic E-state index is 0. The highest BCUT2D eigenvalue weighted by Crippen LogP contribution is 2.12. The maximum Gasteiger partial charge on any atom is 0.223 e. The third kappa shape index (κ3) is 6.72. The molecule has 0 aliphatic rings. The summed E-state index contributed by atoms with van der Waals surface area (Å²) in [5.74, 6) is 0.729. The summed E-state index contributed by atoms with van der Waals surface area (Å²) in [4.78, 5) is 11.8. The van der Waals surface area contributed by atoms with Gasteiger partial charge in [0.2, 0.25) is 5.91 Å². The van der Waals surface area contributed by atoms with Crippen LogP contribution in [0.4, 0.5) is 0 Å². The second-order valence-electron chi connectivity index (χ2n) is 5.24. The van der Waals surface area contributed by atoms with Crippen molar-refractivity contribution in [3.05, 3.63) is 65.7 Å². The molecule has 2 rings (SSSR count). The van der Waals surface area contributed by atoms with Crippen molar-refractivity contribution in [3.8, 4) is 5.75 Å². The van der Waals surface area contributed by atoms with Crippen molar-refractivity contribution in [1.29, 1.82) is 0 Å². The summed E-state index contributed by atoms with van der Waals surface area (Å²) < 4.78 is 5.56. The molecule has 0 saturated carbocycles. The molecule has 0 heterocycles. The zero-order valence-electron chi connectivity index (χ0n) is 13.2. The van der Waals surface area contributed by atoms with Crippen LogP contribution in [0.15, 0.2) is 54.6 Å². The monoisotopic (exact) mass is 334 g/mol. The summed E-state index contributed by atoms with van der Waals surface area (Å²) in [5, 5.41) is 2.83. The summed E-state index contributed by atoms with van der Waals surface area (Å²) in [7, 11) is 0. The lowest BCUT2D eigenvalue weighted by atomic mass is 10.1. The second kappa shape index (κ2) is 9.87. The van der Waals surface area contributed by atoms with E-state index in [0.717, 1.165) is 16.9 Å². The topological polar surface area (TPSA) is 64.3 Å². The smallest absolute Gasteiger partial charge is 0.223 e. The molecular formula is C18H23ClN2O2. The van der Waals surface area contributed by atoms with Gasteiger partial charge in [0.15, 0.2) is 0 Å². The van der Waals surface area contributed by atoms with E-state index in [1.54, 1.807) is 0 Å². The molecule has 0 aliphatic carbocycles. The Labute approximate surface area is 143 Å². The molecule has 3 N–H and O–H groups in total. The van der Waals surface area contributed by atoms with E-state index >= 15 is 0 Å². The van der Waals surface area contributed by atoms with Crippen LogP contribution in [-0.2, 0) is 4.79 Å². The molecule has 0 fully saturated rings. The first-order chi connectivity index (χ1) is 10.6. The van der Waals surface area contributed by atoms with E-state index in [9.17, 15) is 4.79 Å². The van der Waals surface area contributed by atoms with Gasteiger partial charge in [-0.25, -0.2) is 0 Å². The van der Waals surface area contributed by atoms with Crippen LogP contribution in [0.1, 0.15) is 23.6 Å². The Morgan fingerprint density at radius 2 is 1.91 bits per heavy atom. The molecule has 0 radical (unpaired) electrons. The third-order valence-corrected chi connectivity index (χ3v) is 3.33. The van der Waals surface area contributed by atoms with Gasteiger partial charge in [-0.05, 0) is 30.2 Å². The highest BCUT2D eigenvalue weighted by Gasteiger charge is 2.08. The zero-order chi connectivity index (χ0) is 15.8. The summed E-state index contributed by atoms with van der Waals surface area (Å²) in [6.45, 7) is 2.79. The summed E-state index contributed by atoms with van der Waals surface area (Å²) >= 11 is 0. The van der Waals surface area contributed by atoms with Gasteiger partial charge in [-0.3, -0.25) is 4.79 Å². The lowest BCUT2D eigenvalue weighted by Crippen LogP contribution is -2.32. The van der Waals surface area contributed by atoms with E-state index in [2.05, 4.69) is 5.32 Å². The summed E-state index contributed by atoms with van der Waals surface area (Å²) in [6, 6.07) is 17.3. The van der Waals surface area contributed by atoms with E-state index in [1.165, 1.54) is 0 Å². The van der Waals surface area contributed by atoms with Crippen molar-refractivity contribution >= 4 is 18.3 Å².